The van der Waals surface area contributed by atoms with Crippen molar-refractivity contribution < 1.29 is 23.0 Å². The Morgan fingerprint density at radius 3 is 2.47 bits per heavy atom. The molecule has 84 valence electrons. The fourth-order valence-electron chi connectivity index (χ4n) is 1.13. The molecule has 0 amide bonds. The van der Waals surface area contributed by atoms with Crippen LogP contribution in [0.25, 0.3) is 0 Å². The van der Waals surface area contributed by atoms with Crippen molar-refractivity contribution in [3.8, 4) is 5.75 Å². The van der Waals surface area contributed by atoms with E-state index in [0.29, 0.717) is 0 Å². The highest BCUT2D eigenvalue weighted by Crippen LogP contribution is 2.39. The van der Waals surface area contributed by atoms with Crippen molar-refractivity contribution in [1.82, 2.24) is 0 Å². The second kappa shape index (κ2) is 4.28. The molecule has 15 heavy (non-hydrogen) atoms. The Morgan fingerprint density at radius 1 is 1.40 bits per heavy atom. The number of hydrogen-bond acceptors (Lipinski definition) is 2. The molecule has 2 nitrogen and oxygen atoms in total. The zero-order chi connectivity index (χ0) is 11.6. The van der Waals surface area contributed by atoms with Gasteiger partial charge in [0.1, 0.15) is 5.75 Å². The van der Waals surface area contributed by atoms with Gasteiger partial charge in [-0.3, -0.25) is 0 Å². The van der Waals surface area contributed by atoms with Gasteiger partial charge in [-0.2, -0.15) is 13.2 Å². The Kier molecular flexibility index (Phi) is 3.46. The van der Waals surface area contributed by atoms with Crippen LogP contribution >= 0.6 is 11.6 Å². The normalized spacial score (nSPS) is 13.7. The molecule has 0 radical (unpaired) electrons. The van der Waals surface area contributed by atoms with Crippen LogP contribution in [-0.2, 0) is 0 Å². The molecule has 0 saturated carbocycles. The molecule has 0 aliphatic carbocycles. The molecule has 1 rings (SSSR count). The molecule has 1 N–H and O–H groups in total. The van der Waals surface area contributed by atoms with Crippen LogP contribution in [0.4, 0.5) is 13.2 Å². The summed E-state index contributed by atoms with van der Waals surface area (Å²) in [6.45, 7) is 0. The van der Waals surface area contributed by atoms with E-state index in [2.05, 4.69) is 0 Å². The van der Waals surface area contributed by atoms with Gasteiger partial charge in [0.2, 0.25) is 0 Å². The SMILES string of the molecule is COc1c(Cl)cccc1[C@H](O)C(F)(F)F. The van der Waals surface area contributed by atoms with E-state index in [0.717, 1.165) is 6.07 Å². The number of alkyl halides is 3. The molecule has 0 aliphatic heterocycles. The van der Waals surface area contributed by atoms with Crippen LogP contribution in [0.5, 0.6) is 5.75 Å². The first kappa shape index (κ1) is 12.1. The van der Waals surface area contributed by atoms with Gasteiger partial charge in [-0.15, -0.1) is 0 Å². The Morgan fingerprint density at radius 2 is 2.00 bits per heavy atom. The number of para-hydroxylation sites is 1. The molecule has 0 saturated heterocycles. The average Bonchev–Trinajstić information content (AvgIpc) is 2.14. The monoisotopic (exact) mass is 240 g/mol. The van der Waals surface area contributed by atoms with E-state index in [9.17, 15) is 13.2 Å². The standard InChI is InChI=1S/C9H8ClF3O2/c1-15-7-5(3-2-4-6(7)10)8(14)9(11,12)13/h2-4,8,14H,1H3/t8-/m0/s1. The number of halogens is 4. The molecule has 0 aromatic heterocycles. The molecular formula is C9H8ClF3O2. The summed E-state index contributed by atoms with van der Waals surface area (Å²) >= 11 is 5.62. The van der Waals surface area contributed by atoms with E-state index in [1.807, 2.05) is 0 Å². The molecule has 1 atom stereocenters. The van der Waals surface area contributed by atoms with Crippen molar-refractivity contribution in [2.24, 2.45) is 0 Å². The largest absolute Gasteiger partial charge is 0.495 e. The van der Waals surface area contributed by atoms with Gasteiger partial charge in [-0.05, 0) is 6.07 Å². The summed E-state index contributed by atoms with van der Waals surface area (Å²) in [5, 5.41) is 9.06. The molecule has 1 aromatic carbocycles. The Hall–Kier alpha value is -0.940. The van der Waals surface area contributed by atoms with E-state index in [-0.39, 0.29) is 10.8 Å². The second-order valence-corrected chi connectivity index (χ2v) is 3.21. The third-order valence-corrected chi connectivity index (χ3v) is 2.10. The molecule has 0 bridgehead atoms. The minimum atomic E-state index is -4.74. The van der Waals surface area contributed by atoms with Gasteiger partial charge in [-0.25, -0.2) is 0 Å². The first-order chi connectivity index (χ1) is 6.88. The van der Waals surface area contributed by atoms with Crippen molar-refractivity contribution in [2.75, 3.05) is 7.11 Å². The molecule has 1 aromatic rings. The number of ether oxygens (including phenoxy) is 1. The highest BCUT2D eigenvalue weighted by atomic mass is 35.5. The topological polar surface area (TPSA) is 29.5 Å². The van der Waals surface area contributed by atoms with Crippen LogP contribution in [0, 0.1) is 0 Å². The van der Waals surface area contributed by atoms with E-state index >= 15 is 0 Å². The van der Waals surface area contributed by atoms with Gasteiger partial charge >= 0.3 is 6.18 Å². The van der Waals surface area contributed by atoms with E-state index in [4.69, 9.17) is 21.4 Å². The summed E-state index contributed by atoms with van der Waals surface area (Å²) in [4.78, 5) is 0. The molecule has 6 heteroatoms. The van der Waals surface area contributed by atoms with E-state index in [1.54, 1.807) is 0 Å². The molecule has 0 aliphatic rings. The van der Waals surface area contributed by atoms with Crippen molar-refractivity contribution in [1.29, 1.82) is 0 Å². The van der Waals surface area contributed by atoms with Crippen molar-refractivity contribution in [3.05, 3.63) is 28.8 Å². The fourth-order valence-corrected chi connectivity index (χ4v) is 1.39. The first-order valence-corrected chi connectivity index (χ1v) is 4.33. The summed E-state index contributed by atoms with van der Waals surface area (Å²) in [6, 6.07) is 3.81. The van der Waals surface area contributed by atoms with Gasteiger partial charge < -0.3 is 9.84 Å². The zero-order valence-corrected chi connectivity index (χ0v) is 8.43. The maximum absolute atomic E-state index is 12.2. The zero-order valence-electron chi connectivity index (χ0n) is 7.68. The highest BCUT2D eigenvalue weighted by Gasteiger charge is 2.41. The van der Waals surface area contributed by atoms with Crippen LogP contribution in [0.3, 0.4) is 0 Å². The fraction of sp³-hybridized carbons (Fsp3) is 0.333. The summed E-state index contributed by atoms with van der Waals surface area (Å²) < 4.78 is 41.4. The maximum Gasteiger partial charge on any atom is 0.418 e. The van der Waals surface area contributed by atoms with Crippen LogP contribution in [0.2, 0.25) is 5.02 Å². The van der Waals surface area contributed by atoms with Crippen molar-refractivity contribution in [3.63, 3.8) is 0 Å². The first-order valence-electron chi connectivity index (χ1n) is 3.95. The highest BCUT2D eigenvalue weighted by molar-refractivity contribution is 6.32. The van der Waals surface area contributed by atoms with Gasteiger partial charge in [0.25, 0.3) is 0 Å². The Balaban J connectivity index is 3.20. The van der Waals surface area contributed by atoms with Crippen LogP contribution in [0.1, 0.15) is 11.7 Å². The number of hydrogen-bond donors (Lipinski definition) is 1. The van der Waals surface area contributed by atoms with Gasteiger partial charge in [-0.1, -0.05) is 23.7 Å². The number of aliphatic hydroxyl groups is 1. The molecule has 0 heterocycles. The van der Waals surface area contributed by atoms with Crippen LogP contribution < -0.4 is 4.74 Å². The van der Waals surface area contributed by atoms with Crippen molar-refractivity contribution >= 4 is 11.6 Å². The minimum absolute atomic E-state index is 0.0262. The Bertz CT molecular complexity index is 352. The second-order valence-electron chi connectivity index (χ2n) is 2.81. The minimum Gasteiger partial charge on any atom is -0.495 e. The predicted molar refractivity (Wildman–Crippen MR) is 49.0 cm³/mol. The van der Waals surface area contributed by atoms with Gasteiger partial charge in [0.15, 0.2) is 6.10 Å². The molecular weight excluding hydrogens is 233 g/mol. The smallest absolute Gasteiger partial charge is 0.418 e. The summed E-state index contributed by atoms with van der Waals surface area (Å²) in [5.41, 5.74) is -0.391. The summed E-state index contributed by atoms with van der Waals surface area (Å²) in [5.74, 6) is -0.163. The lowest BCUT2D eigenvalue weighted by molar-refractivity contribution is -0.207. The van der Waals surface area contributed by atoms with Gasteiger partial charge in [0.05, 0.1) is 12.1 Å². The number of rotatable bonds is 2. The molecule has 0 fully saturated rings. The lowest BCUT2D eigenvalue weighted by Crippen LogP contribution is -2.20. The number of aliphatic hydroxyl groups excluding tert-OH is 1. The van der Waals surface area contributed by atoms with Gasteiger partial charge in [0, 0.05) is 5.56 Å². The summed E-state index contributed by atoms with van der Waals surface area (Å²) in [6.07, 6.45) is -7.33. The molecule has 0 spiro atoms. The average molecular weight is 241 g/mol. The quantitative estimate of drug-likeness (QED) is 0.861. The Labute approximate surface area is 89.2 Å². The van der Waals surface area contributed by atoms with E-state index in [1.165, 1.54) is 19.2 Å². The van der Waals surface area contributed by atoms with Crippen molar-refractivity contribution in [2.45, 2.75) is 12.3 Å². The van der Waals surface area contributed by atoms with Crippen LogP contribution in [-0.4, -0.2) is 18.4 Å². The lowest BCUT2D eigenvalue weighted by Gasteiger charge is -2.18. The molecule has 0 unspecified atom stereocenters. The van der Waals surface area contributed by atoms with Crippen LogP contribution in [0.15, 0.2) is 18.2 Å². The lowest BCUT2D eigenvalue weighted by atomic mass is 10.1. The summed E-state index contributed by atoms with van der Waals surface area (Å²) in [7, 11) is 1.19. The third kappa shape index (κ3) is 2.54. The number of methoxy groups -OCH3 is 1. The third-order valence-electron chi connectivity index (χ3n) is 1.81. The maximum atomic E-state index is 12.2. The number of benzene rings is 1. The predicted octanol–water partition coefficient (Wildman–Crippen LogP) is 2.94. The van der Waals surface area contributed by atoms with E-state index < -0.39 is 17.8 Å².